The Hall–Kier alpha value is -3.19. The van der Waals surface area contributed by atoms with Crippen molar-refractivity contribution >= 4 is 23.2 Å². The third kappa shape index (κ3) is 7.53. The summed E-state index contributed by atoms with van der Waals surface area (Å²) in [4.78, 5) is 42.0. The molecule has 0 saturated carbocycles. The molecule has 0 heterocycles. The summed E-state index contributed by atoms with van der Waals surface area (Å²) in [6.07, 6.45) is 1.24. The molecule has 0 bridgehead atoms. The highest BCUT2D eigenvalue weighted by Crippen LogP contribution is 2.22. The van der Waals surface area contributed by atoms with Crippen LogP contribution >= 0.6 is 0 Å². The average molecular weight is 427 g/mol. The Bertz CT molecular complexity index is 909. The van der Waals surface area contributed by atoms with Gasteiger partial charge in [0.25, 0.3) is 0 Å². The maximum Gasteiger partial charge on any atom is 0.246 e. The van der Waals surface area contributed by atoms with E-state index < -0.39 is 0 Å². The lowest BCUT2D eigenvalue weighted by molar-refractivity contribution is -0.190. The normalized spacial score (nSPS) is 10.5. The van der Waals surface area contributed by atoms with Crippen LogP contribution in [-0.2, 0) is 27.5 Å². The fourth-order valence-electron chi connectivity index (χ4n) is 3.06. The number of carbonyl (C=O) groups excluding carboxylic acids is 3. The van der Waals surface area contributed by atoms with E-state index in [2.05, 4.69) is 0 Å². The number of Topliss-reactive ketones (excluding diaryl/α,β-unsaturated/α-hetero) is 2. The fourth-order valence-corrected chi connectivity index (χ4v) is 3.06. The van der Waals surface area contributed by atoms with E-state index >= 15 is 0 Å². The second-order valence-electron chi connectivity index (χ2n) is 7.22. The molecule has 0 aliphatic carbocycles. The third-order valence-electron chi connectivity index (χ3n) is 4.92. The van der Waals surface area contributed by atoms with Crippen LogP contribution < -0.4 is 10.5 Å². The predicted molar refractivity (Wildman–Crippen MR) is 119 cm³/mol. The second-order valence-corrected chi connectivity index (χ2v) is 7.22. The van der Waals surface area contributed by atoms with Crippen molar-refractivity contribution in [1.29, 1.82) is 0 Å². The molecule has 0 fully saturated rings. The highest BCUT2D eigenvalue weighted by atomic mass is 16.7. The van der Waals surface area contributed by atoms with E-state index in [9.17, 15) is 14.4 Å². The molecule has 1 amide bonds. The summed E-state index contributed by atoms with van der Waals surface area (Å²) in [7, 11) is 1.53. The van der Waals surface area contributed by atoms with Gasteiger partial charge in [0.2, 0.25) is 5.91 Å². The summed E-state index contributed by atoms with van der Waals surface area (Å²) >= 11 is 0. The molecular formula is C24H30N2O5. The first kappa shape index (κ1) is 24.1. The Labute approximate surface area is 183 Å². The van der Waals surface area contributed by atoms with Gasteiger partial charge in [0.15, 0.2) is 5.78 Å². The molecule has 0 aliphatic heterocycles. The summed E-state index contributed by atoms with van der Waals surface area (Å²) in [5, 5.41) is 1.24. The molecule has 2 rings (SSSR count). The van der Waals surface area contributed by atoms with Crippen LogP contribution in [0.25, 0.3) is 0 Å². The number of nitrogen functional groups attached to an aromatic ring is 1. The van der Waals surface area contributed by atoms with Crippen molar-refractivity contribution in [2.45, 2.75) is 46.1 Å². The summed E-state index contributed by atoms with van der Waals surface area (Å²) in [5.41, 5.74) is 8.59. The Morgan fingerprint density at radius 3 is 2.32 bits per heavy atom. The van der Waals surface area contributed by atoms with Crippen LogP contribution in [0.5, 0.6) is 5.75 Å². The predicted octanol–water partition coefficient (Wildman–Crippen LogP) is 3.74. The van der Waals surface area contributed by atoms with Gasteiger partial charge in [0, 0.05) is 42.6 Å². The SMILES string of the molecule is CCN(OCc1cc(C(C)=O)ccc1OC)C(=O)CCC(=O)CCc1ccc(N)cc1. The zero-order chi connectivity index (χ0) is 22.8. The van der Waals surface area contributed by atoms with Crippen LogP contribution in [0.4, 0.5) is 5.69 Å². The number of hydrogen-bond acceptors (Lipinski definition) is 6. The first-order chi connectivity index (χ1) is 14.8. The number of benzene rings is 2. The number of ether oxygens (including phenoxy) is 1. The van der Waals surface area contributed by atoms with Crippen molar-refractivity contribution in [2.24, 2.45) is 0 Å². The minimum absolute atomic E-state index is 0.0251. The van der Waals surface area contributed by atoms with Gasteiger partial charge in [-0.2, -0.15) is 0 Å². The smallest absolute Gasteiger partial charge is 0.246 e. The van der Waals surface area contributed by atoms with Crippen LogP contribution in [0.1, 0.15) is 54.6 Å². The first-order valence-electron chi connectivity index (χ1n) is 10.3. The molecule has 7 nitrogen and oxygen atoms in total. The zero-order valence-corrected chi connectivity index (χ0v) is 18.3. The molecule has 2 aromatic carbocycles. The topological polar surface area (TPSA) is 98.9 Å². The lowest BCUT2D eigenvalue weighted by atomic mass is 10.0. The van der Waals surface area contributed by atoms with Gasteiger partial charge in [0.05, 0.1) is 7.11 Å². The summed E-state index contributed by atoms with van der Waals surface area (Å²) in [6.45, 7) is 3.70. The van der Waals surface area contributed by atoms with Crippen LogP contribution in [0.15, 0.2) is 42.5 Å². The maximum absolute atomic E-state index is 12.5. The number of hydrogen-bond donors (Lipinski definition) is 1. The highest BCUT2D eigenvalue weighted by Gasteiger charge is 2.16. The molecule has 31 heavy (non-hydrogen) atoms. The molecule has 0 saturated heterocycles. The van der Waals surface area contributed by atoms with Gasteiger partial charge in [-0.25, -0.2) is 5.06 Å². The van der Waals surface area contributed by atoms with E-state index in [0.29, 0.717) is 42.0 Å². The summed E-state index contributed by atoms with van der Waals surface area (Å²) in [5.74, 6) is 0.276. The largest absolute Gasteiger partial charge is 0.496 e. The van der Waals surface area contributed by atoms with Crippen molar-refractivity contribution < 1.29 is 24.0 Å². The maximum atomic E-state index is 12.5. The fraction of sp³-hybridized carbons (Fsp3) is 0.375. The van der Waals surface area contributed by atoms with E-state index in [4.69, 9.17) is 15.3 Å². The van der Waals surface area contributed by atoms with Gasteiger partial charge in [-0.05, 0) is 56.2 Å². The minimum Gasteiger partial charge on any atom is -0.496 e. The van der Waals surface area contributed by atoms with Crippen molar-refractivity contribution in [2.75, 3.05) is 19.4 Å². The molecule has 0 aromatic heterocycles. The van der Waals surface area contributed by atoms with E-state index in [0.717, 1.165) is 5.56 Å². The summed E-state index contributed by atoms with van der Waals surface area (Å²) in [6, 6.07) is 12.5. The zero-order valence-electron chi connectivity index (χ0n) is 18.3. The van der Waals surface area contributed by atoms with Crippen molar-refractivity contribution in [3.63, 3.8) is 0 Å². The van der Waals surface area contributed by atoms with Crippen molar-refractivity contribution in [1.82, 2.24) is 5.06 Å². The average Bonchev–Trinajstić information content (AvgIpc) is 2.77. The second kappa shape index (κ2) is 11.9. The number of nitrogens with zero attached hydrogens (tertiary/aromatic N) is 1. The molecule has 0 spiro atoms. The monoisotopic (exact) mass is 426 g/mol. The number of hydroxylamine groups is 2. The van der Waals surface area contributed by atoms with Gasteiger partial charge in [-0.15, -0.1) is 0 Å². The van der Waals surface area contributed by atoms with Crippen molar-refractivity contribution in [3.8, 4) is 5.75 Å². The van der Waals surface area contributed by atoms with Crippen LogP contribution in [0.3, 0.4) is 0 Å². The lowest BCUT2D eigenvalue weighted by Gasteiger charge is -2.21. The van der Waals surface area contributed by atoms with Gasteiger partial charge >= 0.3 is 0 Å². The van der Waals surface area contributed by atoms with Gasteiger partial charge < -0.3 is 10.5 Å². The number of methoxy groups -OCH3 is 1. The molecule has 0 aliphatic rings. The molecule has 2 N–H and O–H groups in total. The molecule has 0 unspecified atom stereocenters. The van der Waals surface area contributed by atoms with Crippen LogP contribution in [0.2, 0.25) is 0 Å². The molecule has 2 aromatic rings. The number of amides is 1. The van der Waals surface area contributed by atoms with E-state index in [-0.39, 0.29) is 36.9 Å². The first-order valence-corrected chi connectivity index (χ1v) is 10.3. The Balaban J connectivity index is 1.85. The van der Waals surface area contributed by atoms with Crippen LogP contribution in [-0.4, -0.2) is 36.2 Å². The quantitative estimate of drug-likeness (QED) is 0.315. The third-order valence-corrected chi connectivity index (χ3v) is 4.92. The Morgan fingerprint density at radius 2 is 1.71 bits per heavy atom. The highest BCUT2D eigenvalue weighted by molar-refractivity contribution is 5.94. The molecule has 7 heteroatoms. The van der Waals surface area contributed by atoms with Crippen LogP contribution in [0, 0.1) is 0 Å². The lowest BCUT2D eigenvalue weighted by Crippen LogP contribution is -2.31. The number of ketones is 2. The van der Waals surface area contributed by atoms with Gasteiger partial charge in [0.1, 0.15) is 18.1 Å². The molecule has 166 valence electrons. The number of nitrogens with two attached hydrogens (primary N) is 1. The number of rotatable bonds is 12. The van der Waals surface area contributed by atoms with Crippen molar-refractivity contribution in [3.05, 3.63) is 59.2 Å². The van der Waals surface area contributed by atoms with Gasteiger partial charge in [-0.1, -0.05) is 12.1 Å². The van der Waals surface area contributed by atoms with E-state index in [1.54, 1.807) is 37.3 Å². The molecule has 0 radical (unpaired) electrons. The Kier molecular flexibility index (Phi) is 9.21. The minimum atomic E-state index is -0.259. The number of carbonyl (C=O) groups is 3. The van der Waals surface area contributed by atoms with E-state index in [1.807, 2.05) is 12.1 Å². The Morgan fingerprint density at radius 1 is 1.00 bits per heavy atom. The number of aryl methyl sites for hydroxylation is 1. The summed E-state index contributed by atoms with van der Waals surface area (Å²) < 4.78 is 5.31. The molecular weight excluding hydrogens is 396 g/mol. The standard InChI is InChI=1S/C24H30N2O5/c1-4-26(31-16-20-15-19(17(2)27)8-13-23(20)30-3)24(29)14-12-22(28)11-7-18-5-9-21(25)10-6-18/h5-6,8-10,13,15H,4,7,11-12,14,16,25H2,1-3H3. The number of anilines is 1. The van der Waals surface area contributed by atoms with E-state index in [1.165, 1.54) is 19.1 Å². The molecule has 0 atom stereocenters. The van der Waals surface area contributed by atoms with Gasteiger partial charge in [-0.3, -0.25) is 19.2 Å².